The van der Waals surface area contributed by atoms with E-state index >= 15 is 0 Å². The normalized spacial score (nSPS) is 22.2. The SMILES string of the molecule is O=C(c1ccccn1)N1CC[C@@H]2[C@H]1c1cc(-c3ccccc3F)ccc1N[C@@H]2CO. The van der Waals surface area contributed by atoms with Gasteiger partial charge in [0.05, 0.1) is 18.7 Å². The van der Waals surface area contributed by atoms with Crippen molar-refractivity contribution in [3.63, 3.8) is 0 Å². The molecular formula is C24H22FN3O2. The number of pyridine rings is 1. The van der Waals surface area contributed by atoms with Gasteiger partial charge >= 0.3 is 0 Å². The topological polar surface area (TPSA) is 65.5 Å². The maximum atomic E-state index is 14.4. The first-order valence-corrected chi connectivity index (χ1v) is 10.2. The van der Waals surface area contributed by atoms with Gasteiger partial charge in [-0.25, -0.2) is 4.39 Å². The Morgan fingerprint density at radius 1 is 1.17 bits per heavy atom. The molecule has 152 valence electrons. The maximum Gasteiger partial charge on any atom is 0.272 e. The third kappa shape index (κ3) is 3.04. The zero-order chi connectivity index (χ0) is 20.7. The molecule has 30 heavy (non-hydrogen) atoms. The number of aromatic nitrogens is 1. The van der Waals surface area contributed by atoms with E-state index in [9.17, 15) is 14.3 Å². The summed E-state index contributed by atoms with van der Waals surface area (Å²) in [4.78, 5) is 19.3. The number of benzene rings is 2. The highest BCUT2D eigenvalue weighted by molar-refractivity contribution is 5.93. The molecule has 3 aromatic rings. The van der Waals surface area contributed by atoms with E-state index in [0.29, 0.717) is 17.8 Å². The minimum Gasteiger partial charge on any atom is -0.394 e. The van der Waals surface area contributed by atoms with Gasteiger partial charge in [-0.05, 0) is 47.9 Å². The van der Waals surface area contributed by atoms with E-state index in [4.69, 9.17) is 0 Å². The third-order valence-electron chi connectivity index (χ3n) is 6.20. The lowest BCUT2D eigenvalue weighted by atomic mass is 9.82. The van der Waals surface area contributed by atoms with Gasteiger partial charge in [-0.2, -0.15) is 0 Å². The van der Waals surface area contributed by atoms with Gasteiger partial charge in [0, 0.05) is 29.9 Å². The molecule has 2 aliphatic rings. The summed E-state index contributed by atoms with van der Waals surface area (Å²) in [6, 6.07) is 17.4. The number of amides is 1. The lowest BCUT2D eigenvalue weighted by molar-refractivity contribution is 0.0695. The van der Waals surface area contributed by atoms with E-state index in [2.05, 4.69) is 10.3 Å². The van der Waals surface area contributed by atoms with Crippen LogP contribution in [0.15, 0.2) is 66.9 Å². The van der Waals surface area contributed by atoms with E-state index in [-0.39, 0.29) is 36.3 Å². The summed E-state index contributed by atoms with van der Waals surface area (Å²) in [7, 11) is 0. The van der Waals surface area contributed by atoms with E-state index in [1.165, 1.54) is 6.07 Å². The van der Waals surface area contributed by atoms with Crippen LogP contribution in [0.1, 0.15) is 28.5 Å². The molecule has 1 aromatic heterocycles. The number of hydrogen-bond donors (Lipinski definition) is 2. The summed E-state index contributed by atoms with van der Waals surface area (Å²) in [6.45, 7) is 0.577. The lowest BCUT2D eigenvalue weighted by Crippen LogP contribution is -2.43. The van der Waals surface area contributed by atoms with E-state index in [0.717, 1.165) is 23.2 Å². The van der Waals surface area contributed by atoms with Crippen molar-refractivity contribution in [1.82, 2.24) is 9.88 Å². The first-order chi connectivity index (χ1) is 14.7. The van der Waals surface area contributed by atoms with Gasteiger partial charge in [0.25, 0.3) is 5.91 Å². The van der Waals surface area contributed by atoms with Crippen molar-refractivity contribution in [1.29, 1.82) is 0 Å². The van der Waals surface area contributed by atoms with Crippen LogP contribution in [0, 0.1) is 11.7 Å². The van der Waals surface area contributed by atoms with Crippen LogP contribution in [0.25, 0.3) is 11.1 Å². The van der Waals surface area contributed by atoms with Gasteiger partial charge in [-0.1, -0.05) is 30.3 Å². The zero-order valence-corrected chi connectivity index (χ0v) is 16.3. The molecule has 0 bridgehead atoms. The Hall–Kier alpha value is -3.25. The molecule has 1 fully saturated rings. The molecule has 2 N–H and O–H groups in total. The Labute approximate surface area is 174 Å². The number of halogens is 1. The number of likely N-dealkylation sites (tertiary alicyclic amines) is 1. The van der Waals surface area contributed by atoms with Crippen LogP contribution in [0.5, 0.6) is 0 Å². The average molecular weight is 403 g/mol. The highest BCUT2D eigenvalue weighted by Crippen LogP contribution is 2.47. The van der Waals surface area contributed by atoms with Gasteiger partial charge in [-0.3, -0.25) is 9.78 Å². The highest BCUT2D eigenvalue weighted by Gasteiger charge is 2.46. The lowest BCUT2D eigenvalue weighted by Gasteiger charge is -2.39. The summed E-state index contributed by atoms with van der Waals surface area (Å²) in [5.41, 5.74) is 3.53. The molecule has 5 rings (SSSR count). The first-order valence-electron chi connectivity index (χ1n) is 10.2. The van der Waals surface area contributed by atoms with Crippen LogP contribution in [0.4, 0.5) is 10.1 Å². The quantitative estimate of drug-likeness (QED) is 0.697. The highest BCUT2D eigenvalue weighted by atomic mass is 19.1. The molecule has 2 aliphatic heterocycles. The number of aliphatic hydroxyl groups excluding tert-OH is 1. The number of rotatable bonds is 3. The van der Waals surface area contributed by atoms with Crippen LogP contribution in [-0.4, -0.2) is 40.1 Å². The fraction of sp³-hybridized carbons (Fsp3) is 0.250. The number of carbonyl (C=O) groups is 1. The number of fused-ring (bicyclic) bond motifs is 3. The molecule has 6 heteroatoms. The Morgan fingerprint density at radius 2 is 2.00 bits per heavy atom. The van der Waals surface area contributed by atoms with Crippen LogP contribution in [0.2, 0.25) is 0 Å². The van der Waals surface area contributed by atoms with Crippen molar-refractivity contribution in [2.24, 2.45) is 5.92 Å². The predicted octanol–water partition coefficient (Wildman–Crippen LogP) is 3.88. The van der Waals surface area contributed by atoms with Gasteiger partial charge < -0.3 is 15.3 Å². The van der Waals surface area contributed by atoms with Crippen molar-refractivity contribution < 1.29 is 14.3 Å². The summed E-state index contributed by atoms with van der Waals surface area (Å²) >= 11 is 0. The molecule has 1 saturated heterocycles. The molecule has 3 atom stereocenters. The molecule has 5 nitrogen and oxygen atoms in total. The summed E-state index contributed by atoms with van der Waals surface area (Å²) in [5, 5.41) is 13.4. The number of hydrogen-bond acceptors (Lipinski definition) is 4. The molecule has 3 heterocycles. The number of nitrogens with zero attached hydrogens (tertiary/aromatic N) is 2. The van der Waals surface area contributed by atoms with Crippen molar-refractivity contribution in [2.45, 2.75) is 18.5 Å². The number of aliphatic hydroxyl groups is 1. The molecule has 0 unspecified atom stereocenters. The van der Waals surface area contributed by atoms with Gasteiger partial charge in [-0.15, -0.1) is 0 Å². The van der Waals surface area contributed by atoms with Crippen molar-refractivity contribution >= 4 is 11.6 Å². The number of anilines is 1. The van der Waals surface area contributed by atoms with Gasteiger partial charge in [0.15, 0.2) is 0 Å². The van der Waals surface area contributed by atoms with Crippen LogP contribution in [0.3, 0.4) is 0 Å². The van der Waals surface area contributed by atoms with Crippen LogP contribution in [-0.2, 0) is 0 Å². The fourth-order valence-corrected chi connectivity index (χ4v) is 4.79. The zero-order valence-electron chi connectivity index (χ0n) is 16.3. The van der Waals surface area contributed by atoms with E-state index in [1.807, 2.05) is 29.2 Å². The van der Waals surface area contributed by atoms with Crippen LogP contribution >= 0.6 is 0 Å². The van der Waals surface area contributed by atoms with E-state index in [1.54, 1.807) is 36.5 Å². The Morgan fingerprint density at radius 3 is 2.77 bits per heavy atom. The molecule has 0 radical (unpaired) electrons. The molecule has 0 aliphatic carbocycles. The molecule has 0 spiro atoms. The third-order valence-corrected chi connectivity index (χ3v) is 6.20. The Kier molecular flexibility index (Phi) is 4.71. The fourth-order valence-electron chi connectivity index (χ4n) is 4.79. The molecule has 0 saturated carbocycles. The van der Waals surface area contributed by atoms with Crippen molar-refractivity contribution in [3.8, 4) is 11.1 Å². The second-order valence-electron chi connectivity index (χ2n) is 7.83. The first kappa shape index (κ1) is 18.8. The van der Waals surface area contributed by atoms with Gasteiger partial charge in [0.2, 0.25) is 0 Å². The minimum atomic E-state index is -0.279. The number of carbonyl (C=O) groups excluding carboxylic acids is 1. The Bertz CT molecular complexity index is 1090. The van der Waals surface area contributed by atoms with Crippen LogP contribution < -0.4 is 5.32 Å². The predicted molar refractivity (Wildman–Crippen MR) is 112 cm³/mol. The second kappa shape index (κ2) is 7.54. The molecule has 2 aromatic carbocycles. The Balaban J connectivity index is 1.59. The summed E-state index contributed by atoms with van der Waals surface area (Å²) in [6.07, 6.45) is 2.40. The van der Waals surface area contributed by atoms with Gasteiger partial charge in [0.1, 0.15) is 11.5 Å². The smallest absolute Gasteiger partial charge is 0.272 e. The average Bonchev–Trinajstić information content (AvgIpc) is 3.24. The monoisotopic (exact) mass is 403 g/mol. The number of nitrogens with one attached hydrogen (secondary N) is 1. The summed E-state index contributed by atoms with van der Waals surface area (Å²) < 4.78 is 14.4. The molecule has 1 amide bonds. The van der Waals surface area contributed by atoms with E-state index < -0.39 is 0 Å². The minimum absolute atomic E-state index is 0.0126. The maximum absolute atomic E-state index is 14.4. The molecular weight excluding hydrogens is 381 g/mol. The van der Waals surface area contributed by atoms with Crippen molar-refractivity contribution in [3.05, 3.63) is 83.9 Å². The second-order valence-corrected chi connectivity index (χ2v) is 7.83. The standard InChI is InChI=1S/C24H22FN3O2/c25-19-6-2-1-5-16(19)15-8-9-20-18(13-15)23-17(22(14-29)27-20)10-12-28(23)24(30)21-7-3-4-11-26-21/h1-9,11,13,17,22-23,27,29H,10,12,14H2/t17-,22+,23-/m0/s1. The summed E-state index contributed by atoms with van der Waals surface area (Å²) in [5.74, 6) is -0.325. The largest absolute Gasteiger partial charge is 0.394 e. The van der Waals surface area contributed by atoms with Crippen molar-refractivity contribution in [2.75, 3.05) is 18.5 Å².